The highest BCUT2D eigenvalue weighted by atomic mass is 35.5. The predicted octanol–water partition coefficient (Wildman–Crippen LogP) is 4.81. The number of benzene rings is 2. The van der Waals surface area contributed by atoms with Crippen LogP contribution < -0.4 is 5.32 Å². The second kappa shape index (κ2) is 5.43. The summed E-state index contributed by atoms with van der Waals surface area (Å²) < 4.78 is 0. The van der Waals surface area contributed by atoms with Crippen LogP contribution in [0.25, 0.3) is 10.9 Å². The molecular weight excluding hydrogens is 282 g/mol. The highest BCUT2D eigenvalue weighted by Gasteiger charge is 2.09. The standard InChI is InChI=1S/C17H12ClN3/c1-11-3-2-4-14(7-11)21-17-12(9-19)10-20-16-6-5-13(18)8-15(16)17/h2-8,10H,1H3,(H,20,21). The number of aromatic nitrogens is 1. The minimum Gasteiger partial charge on any atom is -0.354 e. The molecule has 0 fully saturated rings. The van der Waals surface area contributed by atoms with Gasteiger partial charge in [0.2, 0.25) is 0 Å². The van der Waals surface area contributed by atoms with Crippen LogP contribution in [0.15, 0.2) is 48.7 Å². The Hall–Kier alpha value is -2.57. The number of anilines is 2. The summed E-state index contributed by atoms with van der Waals surface area (Å²) in [5, 5.41) is 14.1. The quantitative estimate of drug-likeness (QED) is 0.737. The number of halogens is 1. The van der Waals surface area contributed by atoms with Gasteiger partial charge in [0.15, 0.2) is 0 Å². The molecule has 0 amide bonds. The molecule has 0 aliphatic carbocycles. The number of fused-ring (bicyclic) bond motifs is 1. The van der Waals surface area contributed by atoms with E-state index < -0.39 is 0 Å². The lowest BCUT2D eigenvalue weighted by molar-refractivity contribution is 1.36. The Morgan fingerprint density at radius 1 is 1.19 bits per heavy atom. The Labute approximate surface area is 127 Å². The molecule has 1 N–H and O–H groups in total. The van der Waals surface area contributed by atoms with Crippen LogP contribution in [-0.4, -0.2) is 4.98 Å². The Bertz CT molecular complexity index is 866. The fourth-order valence-corrected chi connectivity index (χ4v) is 2.42. The molecule has 21 heavy (non-hydrogen) atoms. The van der Waals surface area contributed by atoms with Gasteiger partial charge in [-0.05, 0) is 42.8 Å². The molecule has 0 radical (unpaired) electrons. The first-order chi connectivity index (χ1) is 10.2. The zero-order valence-corrected chi connectivity index (χ0v) is 12.1. The molecular formula is C17H12ClN3. The largest absolute Gasteiger partial charge is 0.354 e. The second-order valence-electron chi connectivity index (χ2n) is 4.81. The van der Waals surface area contributed by atoms with Gasteiger partial charge in [-0.1, -0.05) is 23.7 Å². The Morgan fingerprint density at radius 2 is 2.05 bits per heavy atom. The topological polar surface area (TPSA) is 48.7 Å². The van der Waals surface area contributed by atoms with Gasteiger partial charge in [-0.2, -0.15) is 5.26 Å². The van der Waals surface area contributed by atoms with E-state index in [1.165, 1.54) is 0 Å². The van der Waals surface area contributed by atoms with Crippen molar-refractivity contribution in [2.24, 2.45) is 0 Å². The molecule has 4 heteroatoms. The van der Waals surface area contributed by atoms with E-state index in [4.69, 9.17) is 11.6 Å². The van der Waals surface area contributed by atoms with E-state index in [1.807, 2.05) is 43.3 Å². The summed E-state index contributed by atoms with van der Waals surface area (Å²) in [4.78, 5) is 4.29. The molecule has 0 saturated heterocycles. The highest BCUT2D eigenvalue weighted by Crippen LogP contribution is 2.30. The monoisotopic (exact) mass is 293 g/mol. The summed E-state index contributed by atoms with van der Waals surface area (Å²) in [6.45, 7) is 2.03. The Balaban J connectivity index is 2.19. The minimum absolute atomic E-state index is 0.492. The van der Waals surface area contributed by atoms with Crippen LogP contribution in [0.5, 0.6) is 0 Å². The van der Waals surface area contributed by atoms with Crippen molar-refractivity contribution < 1.29 is 0 Å². The highest BCUT2D eigenvalue weighted by molar-refractivity contribution is 6.31. The van der Waals surface area contributed by atoms with E-state index in [0.29, 0.717) is 10.6 Å². The van der Waals surface area contributed by atoms with Crippen molar-refractivity contribution in [1.82, 2.24) is 4.98 Å². The van der Waals surface area contributed by atoms with Crippen molar-refractivity contribution in [3.05, 3.63) is 64.8 Å². The second-order valence-corrected chi connectivity index (χ2v) is 5.25. The summed E-state index contributed by atoms with van der Waals surface area (Å²) in [6.07, 6.45) is 1.58. The van der Waals surface area contributed by atoms with E-state index in [0.717, 1.165) is 27.8 Å². The van der Waals surface area contributed by atoms with Crippen molar-refractivity contribution in [2.75, 3.05) is 5.32 Å². The van der Waals surface area contributed by atoms with Gasteiger partial charge in [0.25, 0.3) is 0 Å². The van der Waals surface area contributed by atoms with Crippen LogP contribution in [0.1, 0.15) is 11.1 Å². The summed E-state index contributed by atoms with van der Waals surface area (Å²) in [6, 6.07) is 15.6. The number of aryl methyl sites for hydroxylation is 1. The fourth-order valence-electron chi connectivity index (χ4n) is 2.25. The average Bonchev–Trinajstić information content (AvgIpc) is 2.48. The molecule has 0 unspecified atom stereocenters. The first-order valence-corrected chi connectivity index (χ1v) is 6.87. The average molecular weight is 294 g/mol. The number of hydrogen-bond donors (Lipinski definition) is 1. The van der Waals surface area contributed by atoms with Crippen LogP contribution in [0.2, 0.25) is 5.02 Å². The maximum absolute atomic E-state index is 9.32. The molecule has 102 valence electrons. The van der Waals surface area contributed by atoms with E-state index in [1.54, 1.807) is 12.3 Å². The molecule has 0 aliphatic rings. The molecule has 0 bridgehead atoms. The van der Waals surface area contributed by atoms with Crippen LogP contribution >= 0.6 is 11.6 Å². The molecule has 3 nitrogen and oxygen atoms in total. The Morgan fingerprint density at radius 3 is 2.81 bits per heavy atom. The number of pyridine rings is 1. The smallest absolute Gasteiger partial charge is 0.103 e. The summed E-state index contributed by atoms with van der Waals surface area (Å²) in [7, 11) is 0. The summed E-state index contributed by atoms with van der Waals surface area (Å²) in [5.41, 5.74) is 4.10. The van der Waals surface area contributed by atoms with Crippen LogP contribution in [-0.2, 0) is 0 Å². The van der Waals surface area contributed by atoms with Gasteiger partial charge in [0.05, 0.1) is 16.8 Å². The van der Waals surface area contributed by atoms with Crippen molar-refractivity contribution in [1.29, 1.82) is 5.26 Å². The summed E-state index contributed by atoms with van der Waals surface area (Å²) >= 11 is 6.08. The van der Waals surface area contributed by atoms with Crippen LogP contribution in [0.3, 0.4) is 0 Å². The number of nitriles is 1. The maximum atomic E-state index is 9.32. The molecule has 0 spiro atoms. The lowest BCUT2D eigenvalue weighted by atomic mass is 10.1. The van der Waals surface area contributed by atoms with Crippen LogP contribution in [0.4, 0.5) is 11.4 Å². The van der Waals surface area contributed by atoms with Crippen molar-refractivity contribution in [2.45, 2.75) is 6.92 Å². The zero-order valence-electron chi connectivity index (χ0n) is 11.4. The molecule has 0 aliphatic heterocycles. The van der Waals surface area contributed by atoms with E-state index in [2.05, 4.69) is 16.4 Å². The molecule has 0 saturated carbocycles. The first kappa shape index (κ1) is 13.4. The van der Waals surface area contributed by atoms with Gasteiger partial charge >= 0.3 is 0 Å². The third kappa shape index (κ3) is 2.67. The van der Waals surface area contributed by atoms with Crippen LogP contribution in [0, 0.1) is 18.3 Å². The third-order valence-electron chi connectivity index (χ3n) is 3.24. The first-order valence-electron chi connectivity index (χ1n) is 6.49. The number of nitrogens with zero attached hydrogens (tertiary/aromatic N) is 2. The summed E-state index contributed by atoms with van der Waals surface area (Å²) in [5.74, 6) is 0. The zero-order chi connectivity index (χ0) is 14.8. The SMILES string of the molecule is Cc1cccc(Nc2c(C#N)cnc3ccc(Cl)cc23)c1. The molecule has 3 rings (SSSR count). The normalized spacial score (nSPS) is 10.3. The van der Waals surface area contributed by atoms with Gasteiger partial charge < -0.3 is 5.32 Å². The van der Waals surface area contributed by atoms with Crippen molar-refractivity contribution in [3.63, 3.8) is 0 Å². The van der Waals surface area contributed by atoms with Gasteiger partial charge in [-0.15, -0.1) is 0 Å². The lowest BCUT2D eigenvalue weighted by Gasteiger charge is -2.12. The lowest BCUT2D eigenvalue weighted by Crippen LogP contribution is -1.97. The van der Waals surface area contributed by atoms with E-state index >= 15 is 0 Å². The number of nitrogens with one attached hydrogen (secondary N) is 1. The number of hydrogen-bond acceptors (Lipinski definition) is 3. The molecule has 2 aromatic carbocycles. The molecule has 1 heterocycles. The third-order valence-corrected chi connectivity index (χ3v) is 3.47. The van der Waals surface area contributed by atoms with Crippen molar-refractivity contribution in [3.8, 4) is 6.07 Å². The Kier molecular flexibility index (Phi) is 3.47. The maximum Gasteiger partial charge on any atom is 0.103 e. The van der Waals surface area contributed by atoms with Gasteiger partial charge in [-0.3, -0.25) is 4.98 Å². The van der Waals surface area contributed by atoms with Gasteiger partial charge in [0, 0.05) is 22.3 Å². The van der Waals surface area contributed by atoms with Crippen molar-refractivity contribution >= 4 is 33.9 Å². The van der Waals surface area contributed by atoms with E-state index in [-0.39, 0.29) is 0 Å². The predicted molar refractivity (Wildman–Crippen MR) is 85.9 cm³/mol. The number of rotatable bonds is 2. The van der Waals surface area contributed by atoms with Gasteiger partial charge in [0.1, 0.15) is 6.07 Å². The fraction of sp³-hybridized carbons (Fsp3) is 0.0588. The molecule has 3 aromatic rings. The molecule has 0 atom stereocenters. The van der Waals surface area contributed by atoms with Gasteiger partial charge in [-0.25, -0.2) is 0 Å². The minimum atomic E-state index is 0.492. The van der Waals surface area contributed by atoms with E-state index in [9.17, 15) is 5.26 Å². The molecule has 1 aromatic heterocycles.